The normalized spacial score (nSPS) is 11.8. The number of aliphatic hydroxyl groups excluding tert-OH is 1. The van der Waals surface area contributed by atoms with Crippen LogP contribution >= 0.6 is 0 Å². The van der Waals surface area contributed by atoms with Crippen LogP contribution in [0, 0.1) is 5.82 Å². The molecule has 0 radical (unpaired) electrons. The molecule has 1 unspecified atom stereocenters. The zero-order chi connectivity index (χ0) is 18.5. The van der Waals surface area contributed by atoms with Crippen molar-refractivity contribution in [3.63, 3.8) is 0 Å². The van der Waals surface area contributed by atoms with Gasteiger partial charge in [0.2, 0.25) is 11.8 Å². The van der Waals surface area contributed by atoms with Crippen molar-refractivity contribution >= 4 is 5.91 Å². The molecule has 3 rings (SSSR count). The third-order valence-electron chi connectivity index (χ3n) is 3.66. The first-order valence-corrected chi connectivity index (χ1v) is 7.76. The average molecular weight is 357 g/mol. The molecule has 1 atom stereocenters. The Hall–Kier alpha value is -3.26. The molecule has 0 aliphatic heterocycles. The molecule has 3 aromatic rings. The maximum atomic E-state index is 13.8. The second kappa shape index (κ2) is 7.75. The van der Waals surface area contributed by atoms with Crippen molar-refractivity contribution in [1.82, 2.24) is 15.5 Å². The molecule has 1 heterocycles. The number of ether oxygens (including phenoxy) is 1. The molecule has 0 saturated carbocycles. The first-order valence-electron chi connectivity index (χ1n) is 7.76. The van der Waals surface area contributed by atoms with Gasteiger partial charge in [-0.25, -0.2) is 4.39 Å². The summed E-state index contributed by atoms with van der Waals surface area (Å²) in [6, 6.07) is 11.9. The number of benzene rings is 2. The maximum absolute atomic E-state index is 13.8. The molecule has 8 heteroatoms. The largest absolute Gasteiger partial charge is 0.494 e. The fourth-order valence-corrected chi connectivity index (χ4v) is 2.31. The highest BCUT2D eigenvalue weighted by Crippen LogP contribution is 2.25. The molecular formula is C18H16FN3O4. The SMILES string of the molecule is COc1ccc(-c2nnc(C(CO)NC(=O)c3ccccc3)o2)cc1F. The molecule has 2 aromatic carbocycles. The minimum absolute atomic E-state index is 0.0167. The van der Waals surface area contributed by atoms with Crippen molar-refractivity contribution in [2.75, 3.05) is 13.7 Å². The quantitative estimate of drug-likeness (QED) is 0.703. The lowest BCUT2D eigenvalue weighted by Gasteiger charge is -2.12. The van der Waals surface area contributed by atoms with Gasteiger partial charge in [0.15, 0.2) is 11.6 Å². The van der Waals surface area contributed by atoms with Gasteiger partial charge in [0, 0.05) is 11.1 Å². The number of halogens is 1. The van der Waals surface area contributed by atoms with Gasteiger partial charge >= 0.3 is 0 Å². The predicted molar refractivity (Wildman–Crippen MR) is 90.0 cm³/mol. The van der Waals surface area contributed by atoms with Crippen LogP contribution in [0.4, 0.5) is 4.39 Å². The van der Waals surface area contributed by atoms with Crippen LogP contribution in [-0.4, -0.2) is 34.9 Å². The number of nitrogens with one attached hydrogen (secondary N) is 1. The zero-order valence-corrected chi connectivity index (χ0v) is 13.8. The summed E-state index contributed by atoms with van der Waals surface area (Å²) < 4.78 is 24.2. The van der Waals surface area contributed by atoms with Gasteiger partial charge in [-0.3, -0.25) is 4.79 Å². The predicted octanol–water partition coefficient (Wildman–Crippen LogP) is 2.35. The average Bonchev–Trinajstić information content (AvgIpc) is 3.16. The summed E-state index contributed by atoms with van der Waals surface area (Å²) in [5.41, 5.74) is 0.788. The number of amides is 1. The first kappa shape index (κ1) is 17.6. The Morgan fingerprint density at radius 3 is 2.69 bits per heavy atom. The summed E-state index contributed by atoms with van der Waals surface area (Å²) >= 11 is 0. The molecule has 0 bridgehead atoms. The van der Waals surface area contributed by atoms with Gasteiger partial charge in [0.25, 0.3) is 5.91 Å². The van der Waals surface area contributed by atoms with E-state index in [1.807, 2.05) is 0 Å². The van der Waals surface area contributed by atoms with E-state index in [0.29, 0.717) is 11.1 Å². The van der Waals surface area contributed by atoms with Crippen LogP contribution in [-0.2, 0) is 0 Å². The number of rotatable bonds is 6. The second-order valence-electron chi connectivity index (χ2n) is 5.37. The third-order valence-corrected chi connectivity index (χ3v) is 3.66. The molecule has 2 N–H and O–H groups in total. The molecule has 0 spiro atoms. The Labute approximate surface area is 148 Å². The summed E-state index contributed by atoms with van der Waals surface area (Å²) in [7, 11) is 1.37. The number of aromatic nitrogens is 2. The van der Waals surface area contributed by atoms with Crippen molar-refractivity contribution in [3.8, 4) is 17.2 Å². The van der Waals surface area contributed by atoms with E-state index in [1.54, 1.807) is 36.4 Å². The van der Waals surface area contributed by atoms with Crippen LogP contribution in [0.3, 0.4) is 0 Å². The van der Waals surface area contributed by atoms with E-state index in [0.717, 1.165) is 0 Å². The first-order chi connectivity index (χ1) is 12.6. The lowest BCUT2D eigenvalue weighted by molar-refractivity contribution is 0.0905. The van der Waals surface area contributed by atoms with Gasteiger partial charge in [-0.05, 0) is 30.3 Å². The molecular weight excluding hydrogens is 341 g/mol. The van der Waals surface area contributed by atoms with Crippen LogP contribution in [0.2, 0.25) is 0 Å². The molecule has 0 aliphatic carbocycles. The summed E-state index contributed by atoms with van der Waals surface area (Å²) in [4.78, 5) is 12.2. The fourth-order valence-electron chi connectivity index (χ4n) is 2.31. The highest BCUT2D eigenvalue weighted by molar-refractivity contribution is 5.94. The second-order valence-corrected chi connectivity index (χ2v) is 5.37. The molecule has 26 heavy (non-hydrogen) atoms. The third kappa shape index (κ3) is 3.70. The number of methoxy groups -OCH3 is 1. The van der Waals surface area contributed by atoms with Crippen LogP contribution in [0.15, 0.2) is 52.9 Å². The maximum Gasteiger partial charge on any atom is 0.251 e. The van der Waals surface area contributed by atoms with Gasteiger partial charge < -0.3 is 19.6 Å². The summed E-state index contributed by atoms with van der Waals surface area (Å²) in [6.45, 7) is -0.433. The van der Waals surface area contributed by atoms with Crippen LogP contribution < -0.4 is 10.1 Å². The summed E-state index contributed by atoms with van der Waals surface area (Å²) in [6.07, 6.45) is 0. The van der Waals surface area contributed by atoms with Gasteiger partial charge in [0.1, 0.15) is 6.04 Å². The Bertz CT molecular complexity index is 898. The fraction of sp³-hybridized carbons (Fsp3) is 0.167. The minimum atomic E-state index is -0.882. The van der Waals surface area contributed by atoms with E-state index in [-0.39, 0.29) is 23.4 Å². The monoisotopic (exact) mass is 357 g/mol. The van der Waals surface area contributed by atoms with Crippen molar-refractivity contribution in [3.05, 3.63) is 65.8 Å². The lowest BCUT2D eigenvalue weighted by Crippen LogP contribution is -2.31. The molecule has 134 valence electrons. The lowest BCUT2D eigenvalue weighted by atomic mass is 10.2. The molecule has 7 nitrogen and oxygen atoms in total. The van der Waals surface area contributed by atoms with Crippen molar-refractivity contribution in [1.29, 1.82) is 0 Å². The van der Waals surface area contributed by atoms with Crippen LogP contribution in [0.25, 0.3) is 11.5 Å². The standard InChI is InChI=1S/C18H16FN3O4/c1-25-15-8-7-12(9-13(15)19)17-21-22-18(26-17)14(10-23)20-16(24)11-5-3-2-4-6-11/h2-9,14,23H,10H2,1H3,(H,20,24). The van der Waals surface area contributed by atoms with Crippen molar-refractivity contribution in [2.45, 2.75) is 6.04 Å². The molecule has 0 aliphatic rings. The number of carbonyl (C=O) groups is 1. The van der Waals surface area contributed by atoms with Gasteiger partial charge in [0.05, 0.1) is 13.7 Å². The van der Waals surface area contributed by atoms with E-state index in [4.69, 9.17) is 9.15 Å². The zero-order valence-electron chi connectivity index (χ0n) is 13.8. The van der Waals surface area contributed by atoms with Gasteiger partial charge in [-0.2, -0.15) is 0 Å². The Morgan fingerprint density at radius 1 is 1.27 bits per heavy atom. The van der Waals surface area contributed by atoms with Crippen LogP contribution in [0.5, 0.6) is 5.75 Å². The van der Waals surface area contributed by atoms with E-state index < -0.39 is 18.5 Å². The van der Waals surface area contributed by atoms with E-state index in [1.165, 1.54) is 19.2 Å². The summed E-state index contributed by atoms with van der Waals surface area (Å²) in [5.74, 6) is -0.783. The van der Waals surface area contributed by atoms with Crippen LogP contribution in [0.1, 0.15) is 22.3 Å². The number of carbonyl (C=O) groups excluding carboxylic acids is 1. The molecule has 0 fully saturated rings. The molecule has 0 saturated heterocycles. The molecule has 1 aromatic heterocycles. The van der Waals surface area contributed by atoms with Gasteiger partial charge in [-0.15, -0.1) is 10.2 Å². The van der Waals surface area contributed by atoms with Crippen molar-refractivity contribution in [2.24, 2.45) is 0 Å². The Morgan fingerprint density at radius 2 is 2.04 bits per heavy atom. The molecule has 1 amide bonds. The Balaban J connectivity index is 1.79. The van der Waals surface area contributed by atoms with E-state index in [2.05, 4.69) is 15.5 Å². The topological polar surface area (TPSA) is 97.5 Å². The summed E-state index contributed by atoms with van der Waals surface area (Å²) in [5, 5.41) is 19.8. The number of aliphatic hydroxyl groups is 1. The Kier molecular flexibility index (Phi) is 5.23. The van der Waals surface area contributed by atoms with E-state index in [9.17, 15) is 14.3 Å². The number of nitrogens with zero attached hydrogens (tertiary/aromatic N) is 2. The van der Waals surface area contributed by atoms with Crippen molar-refractivity contribution < 1.29 is 23.4 Å². The smallest absolute Gasteiger partial charge is 0.251 e. The van der Waals surface area contributed by atoms with Gasteiger partial charge in [-0.1, -0.05) is 18.2 Å². The van der Waals surface area contributed by atoms with E-state index >= 15 is 0 Å². The highest BCUT2D eigenvalue weighted by Gasteiger charge is 2.21. The number of hydrogen-bond acceptors (Lipinski definition) is 6. The highest BCUT2D eigenvalue weighted by atomic mass is 19.1. The minimum Gasteiger partial charge on any atom is -0.494 e. The number of hydrogen-bond donors (Lipinski definition) is 2.